The summed E-state index contributed by atoms with van der Waals surface area (Å²) in [7, 11) is 3.87. The average Bonchev–Trinajstić information content (AvgIpc) is 3.27. The smallest absolute Gasteiger partial charge is 0.254 e. The number of nitrogens with zero attached hydrogens (tertiary/aromatic N) is 1. The van der Waals surface area contributed by atoms with Gasteiger partial charge in [0.1, 0.15) is 0 Å². The predicted molar refractivity (Wildman–Crippen MR) is 78.4 cm³/mol. The number of hydrogen-bond acceptors (Lipinski definition) is 2. The van der Waals surface area contributed by atoms with Gasteiger partial charge >= 0.3 is 0 Å². The first-order chi connectivity index (χ1) is 9.15. The molecule has 1 unspecified atom stereocenters. The third-order valence-corrected chi connectivity index (χ3v) is 4.13. The summed E-state index contributed by atoms with van der Waals surface area (Å²) in [5.41, 5.74) is 1.99. The van der Waals surface area contributed by atoms with Crippen LogP contribution in [0.3, 0.4) is 0 Å². The molecule has 0 saturated heterocycles. The molecule has 3 heteroatoms. The normalized spacial score (nSPS) is 16.2. The molecule has 2 rings (SSSR count). The van der Waals surface area contributed by atoms with Gasteiger partial charge in [0.05, 0.1) is 0 Å². The summed E-state index contributed by atoms with van der Waals surface area (Å²) in [6.45, 7) is 3.05. The maximum absolute atomic E-state index is 12.6. The van der Waals surface area contributed by atoms with Crippen LogP contribution >= 0.6 is 0 Å². The van der Waals surface area contributed by atoms with E-state index < -0.39 is 0 Å². The first-order valence-corrected chi connectivity index (χ1v) is 7.14. The molecule has 0 aliphatic heterocycles. The van der Waals surface area contributed by atoms with Crippen LogP contribution in [0.5, 0.6) is 0 Å². The second-order valence-corrected chi connectivity index (χ2v) is 5.50. The Hall–Kier alpha value is -1.35. The largest absolute Gasteiger partial charge is 0.339 e. The highest BCUT2D eigenvalue weighted by molar-refractivity contribution is 5.95. The van der Waals surface area contributed by atoms with Crippen molar-refractivity contribution in [3.8, 4) is 0 Å². The highest BCUT2D eigenvalue weighted by Gasteiger charge is 2.33. The minimum absolute atomic E-state index is 0.158. The minimum Gasteiger partial charge on any atom is -0.339 e. The molecule has 3 nitrogen and oxygen atoms in total. The van der Waals surface area contributed by atoms with E-state index in [4.69, 9.17) is 0 Å². The number of carbonyl (C=O) groups excluding carboxylic acids is 1. The summed E-state index contributed by atoms with van der Waals surface area (Å²) in [5.74, 6) is 0.865. The quantitative estimate of drug-likeness (QED) is 0.851. The Morgan fingerprint density at radius 3 is 2.74 bits per heavy atom. The molecule has 0 spiro atoms. The van der Waals surface area contributed by atoms with Gasteiger partial charge < -0.3 is 10.2 Å². The molecule has 1 aliphatic carbocycles. The van der Waals surface area contributed by atoms with E-state index in [1.54, 1.807) is 0 Å². The van der Waals surface area contributed by atoms with Gasteiger partial charge in [0, 0.05) is 18.7 Å². The Kier molecular flexibility index (Phi) is 4.59. The summed E-state index contributed by atoms with van der Waals surface area (Å²) in [6, 6.07) is 8.31. The zero-order valence-electron chi connectivity index (χ0n) is 12.1. The first-order valence-electron chi connectivity index (χ1n) is 7.14. The standard InChI is InChI=1S/C16H24N2O/c1-12(13-8-9-13)18(3)16(19)15-7-5-4-6-14(15)10-11-17-2/h4-7,12-13,17H,8-11H2,1-3H3. The van der Waals surface area contributed by atoms with Gasteiger partial charge in [-0.1, -0.05) is 18.2 Å². The zero-order valence-corrected chi connectivity index (χ0v) is 12.1. The zero-order chi connectivity index (χ0) is 13.8. The van der Waals surface area contributed by atoms with E-state index in [9.17, 15) is 4.79 Å². The molecule has 1 N–H and O–H groups in total. The second kappa shape index (κ2) is 6.20. The van der Waals surface area contributed by atoms with Crippen LogP contribution in [-0.4, -0.2) is 37.5 Å². The maximum Gasteiger partial charge on any atom is 0.254 e. The average molecular weight is 260 g/mol. The van der Waals surface area contributed by atoms with Crippen LogP contribution in [-0.2, 0) is 6.42 Å². The molecule has 1 aliphatic rings. The Bertz CT molecular complexity index is 440. The molecule has 1 aromatic rings. The Labute approximate surface area is 116 Å². The third kappa shape index (κ3) is 3.35. The van der Waals surface area contributed by atoms with Gasteiger partial charge in [0.25, 0.3) is 5.91 Å². The van der Waals surface area contributed by atoms with Crippen LogP contribution in [0, 0.1) is 5.92 Å². The molecule has 1 amide bonds. The predicted octanol–water partition coefficient (Wildman–Crippen LogP) is 2.32. The van der Waals surface area contributed by atoms with E-state index in [0.29, 0.717) is 12.0 Å². The minimum atomic E-state index is 0.158. The number of benzene rings is 1. The number of likely N-dealkylation sites (N-methyl/N-ethyl adjacent to an activating group) is 1. The molecule has 1 fully saturated rings. The van der Waals surface area contributed by atoms with Gasteiger partial charge in [-0.3, -0.25) is 4.79 Å². The van der Waals surface area contributed by atoms with Crippen LogP contribution in [0.15, 0.2) is 24.3 Å². The fraction of sp³-hybridized carbons (Fsp3) is 0.562. The molecule has 1 saturated carbocycles. The molecule has 0 aromatic heterocycles. The lowest BCUT2D eigenvalue weighted by Gasteiger charge is -2.26. The summed E-state index contributed by atoms with van der Waals surface area (Å²) < 4.78 is 0. The van der Waals surface area contributed by atoms with Gasteiger partial charge in [0.15, 0.2) is 0 Å². The maximum atomic E-state index is 12.6. The lowest BCUT2D eigenvalue weighted by Crippen LogP contribution is -2.37. The SMILES string of the molecule is CNCCc1ccccc1C(=O)N(C)C(C)C1CC1. The highest BCUT2D eigenvalue weighted by atomic mass is 16.2. The number of carbonyl (C=O) groups is 1. The van der Waals surface area contributed by atoms with E-state index in [1.807, 2.05) is 37.2 Å². The van der Waals surface area contributed by atoms with Crippen molar-refractivity contribution in [1.29, 1.82) is 0 Å². The number of rotatable bonds is 6. The van der Waals surface area contributed by atoms with Gasteiger partial charge in [-0.2, -0.15) is 0 Å². The Balaban J connectivity index is 2.12. The molecule has 1 atom stereocenters. The topological polar surface area (TPSA) is 32.3 Å². The van der Waals surface area contributed by atoms with Crippen LogP contribution < -0.4 is 5.32 Å². The first kappa shape index (κ1) is 14.1. The summed E-state index contributed by atoms with van der Waals surface area (Å²) in [4.78, 5) is 14.5. The summed E-state index contributed by atoms with van der Waals surface area (Å²) >= 11 is 0. The van der Waals surface area contributed by atoms with Gasteiger partial charge in [-0.15, -0.1) is 0 Å². The second-order valence-electron chi connectivity index (χ2n) is 5.50. The van der Waals surface area contributed by atoms with E-state index in [0.717, 1.165) is 24.1 Å². The van der Waals surface area contributed by atoms with Gasteiger partial charge in [0.2, 0.25) is 0 Å². The monoisotopic (exact) mass is 260 g/mol. The highest BCUT2D eigenvalue weighted by Crippen LogP contribution is 2.35. The van der Waals surface area contributed by atoms with E-state index in [2.05, 4.69) is 18.3 Å². The molecule has 19 heavy (non-hydrogen) atoms. The van der Waals surface area contributed by atoms with Crippen molar-refractivity contribution in [3.05, 3.63) is 35.4 Å². The molecule has 104 valence electrons. The van der Waals surface area contributed by atoms with Gasteiger partial charge in [-0.05, 0) is 57.3 Å². The van der Waals surface area contributed by atoms with Crippen molar-refractivity contribution in [2.75, 3.05) is 20.6 Å². The van der Waals surface area contributed by atoms with Crippen LogP contribution in [0.2, 0.25) is 0 Å². The molecule has 0 radical (unpaired) electrons. The lowest BCUT2D eigenvalue weighted by molar-refractivity contribution is 0.0726. The van der Waals surface area contributed by atoms with Crippen molar-refractivity contribution in [2.24, 2.45) is 5.92 Å². The van der Waals surface area contributed by atoms with Crippen LogP contribution in [0.1, 0.15) is 35.7 Å². The Morgan fingerprint density at radius 1 is 1.42 bits per heavy atom. The van der Waals surface area contributed by atoms with Crippen molar-refractivity contribution in [2.45, 2.75) is 32.2 Å². The molecule has 0 heterocycles. The number of amides is 1. The van der Waals surface area contributed by atoms with E-state index in [-0.39, 0.29) is 5.91 Å². The Morgan fingerprint density at radius 2 is 2.11 bits per heavy atom. The van der Waals surface area contributed by atoms with Crippen LogP contribution in [0.4, 0.5) is 0 Å². The van der Waals surface area contributed by atoms with Crippen LogP contribution in [0.25, 0.3) is 0 Å². The number of nitrogens with one attached hydrogen (secondary N) is 1. The molecular formula is C16H24N2O. The van der Waals surface area contributed by atoms with Gasteiger partial charge in [-0.25, -0.2) is 0 Å². The summed E-state index contributed by atoms with van der Waals surface area (Å²) in [6.07, 6.45) is 3.42. The van der Waals surface area contributed by atoms with Crippen molar-refractivity contribution in [3.63, 3.8) is 0 Å². The molecular weight excluding hydrogens is 236 g/mol. The van der Waals surface area contributed by atoms with Crippen molar-refractivity contribution >= 4 is 5.91 Å². The number of hydrogen-bond donors (Lipinski definition) is 1. The van der Waals surface area contributed by atoms with E-state index >= 15 is 0 Å². The molecule has 0 bridgehead atoms. The fourth-order valence-electron chi connectivity index (χ4n) is 2.48. The van der Waals surface area contributed by atoms with Crippen molar-refractivity contribution < 1.29 is 4.79 Å². The van der Waals surface area contributed by atoms with Crippen molar-refractivity contribution in [1.82, 2.24) is 10.2 Å². The van der Waals surface area contributed by atoms with E-state index in [1.165, 1.54) is 12.8 Å². The fourth-order valence-corrected chi connectivity index (χ4v) is 2.48. The summed E-state index contributed by atoms with van der Waals surface area (Å²) in [5, 5.41) is 3.14. The lowest BCUT2D eigenvalue weighted by atomic mass is 10.0. The molecule has 1 aromatic carbocycles. The third-order valence-electron chi connectivity index (χ3n) is 4.13.